The number of hydrogen-bond acceptors (Lipinski definition) is 10. The lowest BCUT2D eigenvalue weighted by molar-refractivity contribution is -0.114. The van der Waals surface area contributed by atoms with Crippen molar-refractivity contribution in [1.82, 2.24) is 5.32 Å². The molecule has 0 fully saturated rings. The molecule has 0 saturated heterocycles. The molecule has 12 nitrogen and oxygen atoms in total. The molecule has 0 spiro atoms. The van der Waals surface area contributed by atoms with Crippen LogP contribution in [0, 0.1) is 0 Å². The highest BCUT2D eigenvalue weighted by Gasteiger charge is 2.28. The molecule has 3 aromatic carbocycles. The number of nitrogens with one attached hydrogen (secondary N) is 2. The van der Waals surface area contributed by atoms with Gasteiger partial charge in [-0.05, 0) is 52.9 Å². The van der Waals surface area contributed by atoms with Crippen LogP contribution >= 0.6 is 0 Å². The van der Waals surface area contributed by atoms with Gasteiger partial charge in [-0.1, -0.05) is 48.5 Å². The molecule has 0 aliphatic heterocycles. The maximum absolute atomic E-state index is 12.3. The topological polar surface area (TPSA) is 132 Å². The number of ether oxygens (including phenoxy) is 8. The van der Waals surface area contributed by atoms with Crippen LogP contribution < -0.4 is 15.4 Å². The third kappa shape index (κ3) is 14.4. The highest BCUT2D eigenvalue weighted by atomic mass is 16.6. The standard InChI is InChI=1S/C38H50N2O10/c1-30(41)40-31-11-13-32(14-12-31)49-28-27-48-26-25-47-24-23-46-22-21-45-20-19-44-18-17-43-16-6-15-39-38(42)50-29-37-35-9-4-2-7-33(35)34-8-3-5-10-36(34)37/h2-5,7-14,37H,6,15-29H2,1H3,(H,39,42)(H,40,41). The summed E-state index contributed by atoms with van der Waals surface area (Å²) in [5, 5.41) is 5.51. The average Bonchev–Trinajstić information content (AvgIpc) is 3.45. The van der Waals surface area contributed by atoms with Gasteiger partial charge in [0.15, 0.2) is 0 Å². The Morgan fingerprint density at radius 2 is 1.04 bits per heavy atom. The Bertz CT molecular complexity index is 1360. The fourth-order valence-electron chi connectivity index (χ4n) is 5.27. The lowest BCUT2D eigenvalue weighted by Crippen LogP contribution is -2.27. The van der Waals surface area contributed by atoms with E-state index in [1.165, 1.54) is 29.2 Å². The molecular weight excluding hydrogens is 644 g/mol. The molecule has 2 N–H and O–H groups in total. The normalized spacial score (nSPS) is 11.9. The molecule has 0 aromatic heterocycles. The van der Waals surface area contributed by atoms with Crippen molar-refractivity contribution in [2.24, 2.45) is 0 Å². The zero-order chi connectivity index (χ0) is 35.1. The van der Waals surface area contributed by atoms with E-state index in [0.29, 0.717) is 111 Å². The molecule has 0 atom stereocenters. The molecule has 1 aliphatic rings. The van der Waals surface area contributed by atoms with E-state index in [-0.39, 0.29) is 11.8 Å². The maximum Gasteiger partial charge on any atom is 0.407 e. The largest absolute Gasteiger partial charge is 0.491 e. The van der Waals surface area contributed by atoms with Crippen molar-refractivity contribution in [3.8, 4) is 16.9 Å². The minimum absolute atomic E-state index is 0.0486. The number of anilines is 1. The Kier molecular flexibility index (Phi) is 18.1. The van der Waals surface area contributed by atoms with E-state index in [4.69, 9.17) is 37.9 Å². The SMILES string of the molecule is CC(=O)Nc1ccc(OCCOCCOCCOCCOCCOCCOCCCNC(=O)OCC2c3ccccc3-c3ccccc32)cc1. The monoisotopic (exact) mass is 694 g/mol. The number of benzene rings is 3. The fourth-order valence-corrected chi connectivity index (χ4v) is 5.27. The van der Waals surface area contributed by atoms with Crippen LogP contribution in [-0.4, -0.2) is 111 Å². The summed E-state index contributed by atoms with van der Waals surface area (Å²) in [6.07, 6.45) is 0.265. The van der Waals surface area contributed by atoms with Crippen LogP contribution in [0.4, 0.5) is 10.5 Å². The first-order valence-corrected chi connectivity index (χ1v) is 17.2. The van der Waals surface area contributed by atoms with Crippen molar-refractivity contribution in [3.63, 3.8) is 0 Å². The van der Waals surface area contributed by atoms with Crippen molar-refractivity contribution >= 4 is 17.7 Å². The number of alkyl carbamates (subject to hydrolysis) is 1. The molecule has 4 rings (SSSR count). The summed E-state index contributed by atoms with van der Waals surface area (Å²) in [7, 11) is 0. The van der Waals surface area contributed by atoms with Gasteiger partial charge in [0.1, 0.15) is 19.0 Å². The third-order valence-corrected chi connectivity index (χ3v) is 7.61. The quantitative estimate of drug-likeness (QED) is 0.110. The van der Waals surface area contributed by atoms with Crippen molar-refractivity contribution in [2.75, 3.05) is 104 Å². The molecule has 0 unspecified atom stereocenters. The Morgan fingerprint density at radius 1 is 0.580 bits per heavy atom. The predicted molar refractivity (Wildman–Crippen MR) is 189 cm³/mol. The molecule has 1 aliphatic carbocycles. The minimum atomic E-state index is -0.417. The summed E-state index contributed by atoms with van der Waals surface area (Å²) in [4.78, 5) is 23.3. The summed E-state index contributed by atoms with van der Waals surface area (Å²) in [6.45, 7) is 8.43. The highest BCUT2D eigenvalue weighted by molar-refractivity contribution is 5.88. The second-order valence-electron chi connectivity index (χ2n) is 11.3. The van der Waals surface area contributed by atoms with Gasteiger partial charge < -0.3 is 48.5 Å². The zero-order valence-corrected chi connectivity index (χ0v) is 28.9. The van der Waals surface area contributed by atoms with Gasteiger partial charge in [0.05, 0.1) is 72.7 Å². The highest BCUT2D eigenvalue weighted by Crippen LogP contribution is 2.44. The third-order valence-electron chi connectivity index (χ3n) is 7.61. The zero-order valence-electron chi connectivity index (χ0n) is 28.9. The van der Waals surface area contributed by atoms with E-state index in [9.17, 15) is 9.59 Å². The summed E-state index contributed by atoms with van der Waals surface area (Å²) < 4.78 is 44.3. The number of rotatable bonds is 26. The first-order valence-electron chi connectivity index (χ1n) is 17.2. The van der Waals surface area contributed by atoms with E-state index in [1.807, 2.05) is 24.3 Å². The van der Waals surface area contributed by atoms with Crippen LogP contribution in [0.3, 0.4) is 0 Å². The number of hydrogen-bond donors (Lipinski definition) is 2. The molecule has 2 amide bonds. The van der Waals surface area contributed by atoms with Crippen molar-refractivity contribution in [1.29, 1.82) is 0 Å². The summed E-state index contributed by atoms with van der Waals surface area (Å²) in [6, 6.07) is 23.7. The number of carbonyl (C=O) groups excluding carboxylic acids is 2. The van der Waals surface area contributed by atoms with Crippen LogP contribution in [-0.2, 0) is 38.0 Å². The smallest absolute Gasteiger partial charge is 0.407 e. The number of amides is 2. The molecule has 3 aromatic rings. The maximum atomic E-state index is 12.3. The molecule has 50 heavy (non-hydrogen) atoms. The van der Waals surface area contributed by atoms with E-state index < -0.39 is 6.09 Å². The van der Waals surface area contributed by atoms with Gasteiger partial charge in [0.25, 0.3) is 0 Å². The molecule has 0 heterocycles. The van der Waals surface area contributed by atoms with Crippen LogP contribution in [0.2, 0.25) is 0 Å². The average molecular weight is 695 g/mol. The fraction of sp³-hybridized carbons (Fsp3) is 0.474. The Morgan fingerprint density at radius 3 is 1.54 bits per heavy atom. The minimum Gasteiger partial charge on any atom is -0.491 e. The second-order valence-corrected chi connectivity index (χ2v) is 11.3. The van der Waals surface area contributed by atoms with E-state index in [1.54, 1.807) is 24.3 Å². The molecular formula is C38H50N2O10. The first kappa shape index (κ1) is 38.8. The molecule has 0 saturated carbocycles. The van der Waals surface area contributed by atoms with Gasteiger partial charge in [-0.15, -0.1) is 0 Å². The summed E-state index contributed by atoms with van der Waals surface area (Å²) in [5.74, 6) is 0.652. The second kappa shape index (κ2) is 23.4. The van der Waals surface area contributed by atoms with E-state index in [0.717, 1.165) is 5.69 Å². The van der Waals surface area contributed by atoms with Gasteiger partial charge in [-0.25, -0.2) is 4.79 Å². The summed E-state index contributed by atoms with van der Waals surface area (Å²) >= 11 is 0. The lowest BCUT2D eigenvalue weighted by Gasteiger charge is -2.14. The van der Waals surface area contributed by atoms with E-state index >= 15 is 0 Å². The Hall–Kier alpha value is -4.04. The lowest BCUT2D eigenvalue weighted by atomic mass is 9.98. The van der Waals surface area contributed by atoms with Crippen molar-refractivity contribution in [3.05, 3.63) is 83.9 Å². The number of fused-ring (bicyclic) bond motifs is 3. The van der Waals surface area contributed by atoms with Gasteiger partial charge in [0.2, 0.25) is 5.91 Å². The van der Waals surface area contributed by atoms with Crippen LogP contribution in [0.1, 0.15) is 30.4 Å². The van der Waals surface area contributed by atoms with Crippen LogP contribution in [0.5, 0.6) is 5.75 Å². The van der Waals surface area contributed by atoms with Crippen molar-refractivity contribution < 1.29 is 47.5 Å². The molecule has 12 heteroatoms. The molecule has 272 valence electrons. The number of carbonyl (C=O) groups is 2. The van der Waals surface area contributed by atoms with Gasteiger partial charge in [-0.3, -0.25) is 4.79 Å². The Balaban J connectivity index is 0.842. The summed E-state index contributed by atoms with van der Waals surface area (Å²) in [5.41, 5.74) is 5.53. The molecule has 0 radical (unpaired) electrons. The van der Waals surface area contributed by atoms with Crippen molar-refractivity contribution in [2.45, 2.75) is 19.3 Å². The predicted octanol–water partition coefficient (Wildman–Crippen LogP) is 5.05. The van der Waals surface area contributed by atoms with Crippen LogP contribution in [0.15, 0.2) is 72.8 Å². The first-order chi connectivity index (χ1) is 24.6. The van der Waals surface area contributed by atoms with Gasteiger partial charge in [-0.2, -0.15) is 0 Å². The Labute approximate surface area is 294 Å². The van der Waals surface area contributed by atoms with Gasteiger partial charge in [0, 0.05) is 31.7 Å². The van der Waals surface area contributed by atoms with Gasteiger partial charge >= 0.3 is 6.09 Å². The molecule has 0 bridgehead atoms. The van der Waals surface area contributed by atoms with Crippen LogP contribution in [0.25, 0.3) is 11.1 Å². The van der Waals surface area contributed by atoms with E-state index in [2.05, 4.69) is 34.9 Å².